The Morgan fingerprint density at radius 2 is 1.70 bits per heavy atom. The fourth-order valence-corrected chi connectivity index (χ4v) is 2.73. The third-order valence-corrected chi connectivity index (χ3v) is 3.93. The lowest BCUT2D eigenvalue weighted by Gasteiger charge is -2.31. The van der Waals surface area contributed by atoms with Crippen molar-refractivity contribution in [3.63, 3.8) is 0 Å². The number of aryl methyl sites for hydroxylation is 1. The summed E-state index contributed by atoms with van der Waals surface area (Å²) in [7, 11) is 0. The smallest absolute Gasteiger partial charge is 0.253 e. The molecule has 0 fully saturated rings. The van der Waals surface area contributed by atoms with Gasteiger partial charge in [0.15, 0.2) is 0 Å². The predicted octanol–water partition coefficient (Wildman–Crippen LogP) is 3.04. The van der Waals surface area contributed by atoms with E-state index in [0.717, 1.165) is 19.4 Å². The zero-order chi connectivity index (χ0) is 17.6. The molecule has 126 valence electrons. The highest BCUT2D eigenvalue weighted by Crippen LogP contribution is 2.26. The SMILES string of the molecule is CC.CC.CCc1ccc2c(c1)CN(c1c(N)c(=O)c1=O)CC2. The average Bonchev–Trinajstić information content (AvgIpc) is 2.64. The van der Waals surface area contributed by atoms with Crippen LogP contribution in [0.2, 0.25) is 0 Å². The van der Waals surface area contributed by atoms with Gasteiger partial charge in [-0.1, -0.05) is 52.8 Å². The van der Waals surface area contributed by atoms with Gasteiger partial charge in [0.25, 0.3) is 10.9 Å². The maximum absolute atomic E-state index is 11.6. The normalized spacial score (nSPS) is 12.7. The van der Waals surface area contributed by atoms with E-state index >= 15 is 0 Å². The molecule has 23 heavy (non-hydrogen) atoms. The number of nitrogen functional groups attached to an aromatic ring is 1. The summed E-state index contributed by atoms with van der Waals surface area (Å²) >= 11 is 0. The molecule has 0 aromatic heterocycles. The monoisotopic (exact) mass is 316 g/mol. The van der Waals surface area contributed by atoms with Gasteiger partial charge in [0.2, 0.25) is 0 Å². The number of hydrogen-bond acceptors (Lipinski definition) is 4. The van der Waals surface area contributed by atoms with Crippen molar-refractivity contribution in [2.24, 2.45) is 0 Å². The molecule has 0 saturated carbocycles. The molecule has 2 N–H and O–H groups in total. The molecule has 0 unspecified atom stereocenters. The Hall–Kier alpha value is -2.10. The highest BCUT2D eigenvalue weighted by molar-refractivity contribution is 5.73. The molecule has 1 aliphatic heterocycles. The van der Waals surface area contributed by atoms with Gasteiger partial charge in [-0.05, 0) is 29.5 Å². The second-order valence-electron chi connectivity index (χ2n) is 5.05. The Balaban J connectivity index is 0.000000615. The van der Waals surface area contributed by atoms with Crippen LogP contribution in [0.15, 0.2) is 27.8 Å². The molecule has 0 aliphatic carbocycles. The number of rotatable bonds is 2. The first-order valence-corrected chi connectivity index (χ1v) is 8.56. The van der Waals surface area contributed by atoms with Crippen LogP contribution in [-0.4, -0.2) is 6.54 Å². The van der Waals surface area contributed by atoms with E-state index in [1.54, 1.807) is 0 Å². The summed E-state index contributed by atoms with van der Waals surface area (Å²) < 4.78 is 0. The van der Waals surface area contributed by atoms with Gasteiger partial charge >= 0.3 is 0 Å². The number of nitrogens with two attached hydrogens (primary N) is 1. The average molecular weight is 316 g/mol. The molecular formula is C19H28N2O2. The first-order valence-electron chi connectivity index (χ1n) is 8.56. The summed E-state index contributed by atoms with van der Waals surface area (Å²) in [6.45, 7) is 11.5. The van der Waals surface area contributed by atoms with Crippen LogP contribution in [0.5, 0.6) is 0 Å². The number of fused-ring (bicyclic) bond motifs is 1. The van der Waals surface area contributed by atoms with Crippen LogP contribution in [0.1, 0.15) is 51.3 Å². The number of hydrogen-bond donors (Lipinski definition) is 1. The molecule has 1 aliphatic rings. The molecule has 1 heterocycles. The van der Waals surface area contributed by atoms with Crippen LogP contribution in [0.4, 0.5) is 11.4 Å². The highest BCUT2D eigenvalue weighted by atomic mass is 16.2. The zero-order valence-electron chi connectivity index (χ0n) is 14.9. The molecule has 4 heteroatoms. The van der Waals surface area contributed by atoms with E-state index in [1.807, 2.05) is 32.6 Å². The van der Waals surface area contributed by atoms with Crippen molar-refractivity contribution in [1.82, 2.24) is 0 Å². The van der Waals surface area contributed by atoms with Crippen molar-refractivity contribution in [2.45, 2.75) is 54.0 Å². The van der Waals surface area contributed by atoms with E-state index in [4.69, 9.17) is 5.73 Å². The highest BCUT2D eigenvalue weighted by Gasteiger charge is 2.26. The molecule has 0 bridgehead atoms. The maximum Gasteiger partial charge on any atom is 0.253 e. The molecule has 0 spiro atoms. The van der Waals surface area contributed by atoms with Crippen molar-refractivity contribution >= 4 is 11.4 Å². The Bertz CT molecular complexity index is 713. The summed E-state index contributed by atoms with van der Waals surface area (Å²) in [6, 6.07) is 6.50. The molecule has 0 atom stereocenters. The van der Waals surface area contributed by atoms with Crippen molar-refractivity contribution in [2.75, 3.05) is 17.2 Å². The number of anilines is 2. The fraction of sp³-hybridized carbons (Fsp3) is 0.474. The molecule has 2 aromatic rings. The minimum Gasteiger partial charge on any atom is -0.394 e. The Morgan fingerprint density at radius 1 is 1.04 bits per heavy atom. The standard InChI is InChI=1S/C15H16N2O2.2C2H6/c1-2-9-3-4-10-5-6-17(8-11(10)7-9)13-12(16)14(18)15(13)19;2*1-2/h3-4,7H,2,5-6,8,16H2,1H3;2*1-2H3. The molecule has 2 aromatic carbocycles. The second kappa shape index (κ2) is 8.51. The quantitative estimate of drug-likeness (QED) is 0.865. The Labute approximate surface area is 138 Å². The van der Waals surface area contributed by atoms with Crippen LogP contribution >= 0.6 is 0 Å². The largest absolute Gasteiger partial charge is 0.394 e. The predicted molar refractivity (Wildman–Crippen MR) is 99.0 cm³/mol. The van der Waals surface area contributed by atoms with E-state index < -0.39 is 10.9 Å². The molecule has 0 radical (unpaired) electrons. The van der Waals surface area contributed by atoms with Gasteiger partial charge in [-0.3, -0.25) is 9.59 Å². The molecular weight excluding hydrogens is 288 g/mol. The third kappa shape index (κ3) is 3.63. The van der Waals surface area contributed by atoms with Crippen LogP contribution in [-0.2, 0) is 19.4 Å². The minimum atomic E-state index is -0.539. The summed E-state index contributed by atoms with van der Waals surface area (Å²) in [4.78, 5) is 24.7. The van der Waals surface area contributed by atoms with Gasteiger partial charge in [-0.15, -0.1) is 0 Å². The van der Waals surface area contributed by atoms with Gasteiger partial charge in [0, 0.05) is 13.1 Å². The third-order valence-electron chi connectivity index (χ3n) is 3.93. The molecule has 0 amide bonds. The molecule has 0 saturated heterocycles. The summed E-state index contributed by atoms with van der Waals surface area (Å²) in [5, 5.41) is 0. The van der Waals surface area contributed by atoms with Gasteiger partial charge in [-0.2, -0.15) is 0 Å². The molecule has 4 nitrogen and oxygen atoms in total. The van der Waals surface area contributed by atoms with Crippen molar-refractivity contribution in [3.8, 4) is 0 Å². The summed E-state index contributed by atoms with van der Waals surface area (Å²) in [5.74, 6) is 0. The number of nitrogens with zero attached hydrogens (tertiary/aromatic N) is 1. The van der Waals surface area contributed by atoms with Gasteiger partial charge in [-0.25, -0.2) is 0 Å². The van der Waals surface area contributed by atoms with Crippen LogP contribution in [0.3, 0.4) is 0 Å². The first-order chi connectivity index (χ1) is 11.1. The van der Waals surface area contributed by atoms with E-state index in [0.29, 0.717) is 12.2 Å². The Kier molecular flexibility index (Phi) is 7.01. The second-order valence-corrected chi connectivity index (χ2v) is 5.05. The summed E-state index contributed by atoms with van der Waals surface area (Å²) in [6.07, 6.45) is 1.88. The van der Waals surface area contributed by atoms with Crippen molar-refractivity contribution in [3.05, 3.63) is 55.3 Å². The number of benzene rings is 1. The molecule has 3 rings (SSSR count). The topological polar surface area (TPSA) is 63.4 Å². The fourth-order valence-electron chi connectivity index (χ4n) is 2.73. The van der Waals surface area contributed by atoms with E-state index in [2.05, 4.69) is 25.1 Å². The van der Waals surface area contributed by atoms with Gasteiger partial charge < -0.3 is 10.6 Å². The van der Waals surface area contributed by atoms with Crippen LogP contribution in [0, 0.1) is 0 Å². The van der Waals surface area contributed by atoms with Crippen molar-refractivity contribution < 1.29 is 0 Å². The summed E-state index contributed by atoms with van der Waals surface area (Å²) in [5.41, 5.74) is 9.04. The van der Waals surface area contributed by atoms with Crippen LogP contribution < -0.4 is 21.5 Å². The first kappa shape index (κ1) is 18.9. The van der Waals surface area contributed by atoms with E-state index in [9.17, 15) is 9.59 Å². The Morgan fingerprint density at radius 3 is 2.26 bits per heavy atom. The lowest BCUT2D eigenvalue weighted by atomic mass is 9.95. The van der Waals surface area contributed by atoms with E-state index in [1.165, 1.54) is 16.7 Å². The minimum absolute atomic E-state index is 0.125. The van der Waals surface area contributed by atoms with E-state index in [-0.39, 0.29) is 5.69 Å². The van der Waals surface area contributed by atoms with Gasteiger partial charge in [0.05, 0.1) is 0 Å². The maximum atomic E-state index is 11.6. The van der Waals surface area contributed by atoms with Crippen molar-refractivity contribution in [1.29, 1.82) is 0 Å². The zero-order valence-corrected chi connectivity index (χ0v) is 14.9. The van der Waals surface area contributed by atoms with Crippen LogP contribution in [0.25, 0.3) is 0 Å². The lowest BCUT2D eigenvalue weighted by Crippen LogP contribution is -2.44. The van der Waals surface area contributed by atoms with Gasteiger partial charge in [0.1, 0.15) is 11.4 Å². The lowest BCUT2D eigenvalue weighted by molar-refractivity contribution is 0.725.